The minimum atomic E-state index is -0.660. The van der Waals surface area contributed by atoms with E-state index in [0.29, 0.717) is 10.2 Å². The molecule has 2 rings (SSSR count). The fourth-order valence-corrected chi connectivity index (χ4v) is 3.28. The van der Waals surface area contributed by atoms with Gasteiger partial charge in [0, 0.05) is 4.47 Å². The van der Waals surface area contributed by atoms with Crippen molar-refractivity contribution < 1.29 is 14.0 Å². The molecule has 7 heteroatoms. The number of carbonyl (C=O) groups is 2. The zero-order valence-corrected chi connectivity index (χ0v) is 14.2. The highest BCUT2D eigenvalue weighted by Gasteiger charge is 2.41. The summed E-state index contributed by atoms with van der Waals surface area (Å²) in [5.41, 5.74) is -0.128. The van der Waals surface area contributed by atoms with Gasteiger partial charge in [0.1, 0.15) is 18.4 Å². The molecule has 1 atom stereocenters. The van der Waals surface area contributed by atoms with Crippen molar-refractivity contribution in [2.45, 2.75) is 26.8 Å². The Labute approximate surface area is 135 Å². The maximum absolute atomic E-state index is 13.3. The molecular formula is C14H15BrClFN2O2. The van der Waals surface area contributed by atoms with Crippen LogP contribution in [-0.4, -0.2) is 24.4 Å². The van der Waals surface area contributed by atoms with Crippen molar-refractivity contribution in [3.63, 3.8) is 0 Å². The Morgan fingerprint density at radius 3 is 2.52 bits per heavy atom. The molecule has 4 nitrogen and oxygen atoms in total. The molecule has 0 bridgehead atoms. The highest BCUT2D eigenvalue weighted by molar-refractivity contribution is 9.10. The molecule has 1 saturated heterocycles. The quantitative estimate of drug-likeness (QED) is 0.817. The van der Waals surface area contributed by atoms with Crippen LogP contribution >= 0.6 is 27.5 Å². The van der Waals surface area contributed by atoms with Gasteiger partial charge in [-0.15, -0.1) is 0 Å². The Kier molecular flexibility index (Phi) is 4.31. The number of nitrogens with one attached hydrogen (secondary N) is 1. The molecule has 0 aliphatic carbocycles. The summed E-state index contributed by atoms with van der Waals surface area (Å²) in [6, 6.07) is 1.67. The second-order valence-electron chi connectivity index (χ2n) is 6.01. The first-order valence-corrected chi connectivity index (χ1v) is 7.53. The van der Waals surface area contributed by atoms with Crippen LogP contribution in [0.1, 0.15) is 20.8 Å². The van der Waals surface area contributed by atoms with Crippen LogP contribution in [0.4, 0.5) is 10.1 Å². The van der Waals surface area contributed by atoms with Gasteiger partial charge < -0.3 is 5.32 Å². The summed E-state index contributed by atoms with van der Waals surface area (Å²) in [6.07, 6.45) is 0. The molecule has 1 unspecified atom stereocenters. The predicted molar refractivity (Wildman–Crippen MR) is 82.8 cm³/mol. The summed E-state index contributed by atoms with van der Waals surface area (Å²) in [6.45, 7) is 5.44. The first kappa shape index (κ1) is 16.2. The Balaban J connectivity index is 2.48. The molecule has 1 aliphatic heterocycles. The van der Waals surface area contributed by atoms with Crippen molar-refractivity contribution in [1.29, 1.82) is 0 Å². The van der Waals surface area contributed by atoms with E-state index in [1.54, 1.807) is 0 Å². The zero-order valence-electron chi connectivity index (χ0n) is 11.8. The Bertz CT molecular complexity index is 592. The largest absolute Gasteiger partial charge is 0.342 e. The van der Waals surface area contributed by atoms with Crippen LogP contribution in [-0.2, 0) is 9.59 Å². The number of anilines is 1. The minimum absolute atomic E-state index is 0.0811. The van der Waals surface area contributed by atoms with E-state index < -0.39 is 17.3 Å². The Morgan fingerprint density at radius 1 is 1.38 bits per heavy atom. The molecule has 0 spiro atoms. The smallest absolute Gasteiger partial charge is 0.250 e. The molecule has 1 heterocycles. The lowest BCUT2D eigenvalue weighted by Crippen LogP contribution is -2.62. The van der Waals surface area contributed by atoms with E-state index in [1.165, 1.54) is 11.0 Å². The number of piperazine rings is 1. The number of hydrogen-bond acceptors (Lipinski definition) is 2. The summed E-state index contributed by atoms with van der Waals surface area (Å²) < 4.78 is 13.7. The van der Waals surface area contributed by atoms with Gasteiger partial charge in [-0.3, -0.25) is 14.5 Å². The average molecular weight is 378 g/mol. The Hall–Kier alpha value is -1.14. The van der Waals surface area contributed by atoms with Crippen LogP contribution in [0.15, 0.2) is 16.6 Å². The first-order chi connectivity index (χ1) is 9.61. The standard InChI is InChI=1S/C14H15BrClFN2O2/c1-14(2,3)12-13(21)19(6-10(20)18-12)11-8(15)4-7(17)5-9(11)16/h4-5,12H,6H2,1-3H3,(H,18,20). The Morgan fingerprint density at radius 2 is 2.00 bits per heavy atom. The van der Waals surface area contributed by atoms with Gasteiger partial charge in [0.2, 0.25) is 5.91 Å². The first-order valence-electron chi connectivity index (χ1n) is 6.36. The van der Waals surface area contributed by atoms with E-state index in [2.05, 4.69) is 21.2 Å². The van der Waals surface area contributed by atoms with Gasteiger partial charge in [-0.25, -0.2) is 4.39 Å². The van der Waals surface area contributed by atoms with Gasteiger partial charge in [-0.2, -0.15) is 0 Å². The van der Waals surface area contributed by atoms with E-state index in [-0.39, 0.29) is 23.4 Å². The fourth-order valence-electron chi connectivity index (χ4n) is 2.21. The number of amides is 2. The van der Waals surface area contributed by atoms with Crippen LogP contribution in [0, 0.1) is 11.2 Å². The van der Waals surface area contributed by atoms with Gasteiger partial charge in [0.05, 0.1) is 10.7 Å². The van der Waals surface area contributed by atoms with Crippen molar-refractivity contribution in [3.05, 3.63) is 27.4 Å². The second-order valence-corrected chi connectivity index (χ2v) is 7.27. The molecule has 1 N–H and O–H groups in total. The van der Waals surface area contributed by atoms with Crippen molar-refractivity contribution >= 4 is 45.0 Å². The molecule has 0 saturated carbocycles. The number of rotatable bonds is 1. The highest BCUT2D eigenvalue weighted by Crippen LogP contribution is 2.37. The van der Waals surface area contributed by atoms with Crippen LogP contribution in [0.3, 0.4) is 0 Å². The SMILES string of the molecule is CC(C)(C)C1NC(=O)CN(c2c(Cl)cc(F)cc2Br)C1=O. The number of halogens is 3. The topological polar surface area (TPSA) is 49.4 Å². The lowest BCUT2D eigenvalue weighted by molar-refractivity contribution is -0.133. The molecule has 0 radical (unpaired) electrons. The third kappa shape index (κ3) is 3.21. The summed E-state index contributed by atoms with van der Waals surface area (Å²) in [7, 11) is 0. The molecule has 114 valence electrons. The number of hydrogen-bond donors (Lipinski definition) is 1. The molecule has 1 aliphatic rings. The van der Waals surface area contributed by atoms with Gasteiger partial charge in [-0.1, -0.05) is 32.4 Å². The van der Waals surface area contributed by atoms with Gasteiger partial charge in [0.15, 0.2) is 0 Å². The van der Waals surface area contributed by atoms with E-state index >= 15 is 0 Å². The molecule has 1 fully saturated rings. The van der Waals surface area contributed by atoms with Crippen molar-refractivity contribution in [1.82, 2.24) is 5.32 Å². The number of carbonyl (C=O) groups excluding carboxylic acids is 2. The molecular weight excluding hydrogens is 363 g/mol. The van der Waals surface area contributed by atoms with E-state index in [0.717, 1.165) is 6.07 Å². The summed E-state index contributed by atoms with van der Waals surface area (Å²) in [4.78, 5) is 25.8. The molecule has 1 aromatic rings. The monoisotopic (exact) mass is 376 g/mol. The minimum Gasteiger partial charge on any atom is -0.342 e. The van der Waals surface area contributed by atoms with Crippen molar-refractivity contribution in [2.24, 2.45) is 5.41 Å². The van der Waals surface area contributed by atoms with Crippen LogP contribution in [0.5, 0.6) is 0 Å². The maximum Gasteiger partial charge on any atom is 0.250 e. The van der Waals surface area contributed by atoms with Crippen molar-refractivity contribution in [3.8, 4) is 0 Å². The maximum atomic E-state index is 13.3. The van der Waals surface area contributed by atoms with Crippen LogP contribution < -0.4 is 10.2 Å². The lowest BCUT2D eigenvalue weighted by Gasteiger charge is -2.39. The summed E-state index contributed by atoms with van der Waals surface area (Å²) >= 11 is 9.25. The van der Waals surface area contributed by atoms with E-state index in [4.69, 9.17) is 11.6 Å². The number of benzene rings is 1. The van der Waals surface area contributed by atoms with Crippen LogP contribution in [0.2, 0.25) is 5.02 Å². The predicted octanol–water partition coefficient (Wildman–Crippen LogP) is 3.12. The highest BCUT2D eigenvalue weighted by atomic mass is 79.9. The summed E-state index contributed by atoms with van der Waals surface area (Å²) in [5, 5.41) is 2.77. The summed E-state index contributed by atoms with van der Waals surface area (Å²) in [5.74, 6) is -1.06. The van der Waals surface area contributed by atoms with Gasteiger partial charge in [0.25, 0.3) is 5.91 Å². The third-order valence-corrected chi connectivity index (χ3v) is 4.13. The molecule has 21 heavy (non-hydrogen) atoms. The van der Waals surface area contributed by atoms with Gasteiger partial charge in [-0.05, 0) is 33.5 Å². The van der Waals surface area contributed by atoms with Gasteiger partial charge >= 0.3 is 0 Å². The molecule has 1 aromatic carbocycles. The third-order valence-electron chi connectivity index (χ3n) is 3.24. The van der Waals surface area contributed by atoms with E-state index in [9.17, 15) is 14.0 Å². The molecule has 0 aromatic heterocycles. The van der Waals surface area contributed by atoms with Crippen molar-refractivity contribution in [2.75, 3.05) is 11.4 Å². The number of nitrogens with zero attached hydrogens (tertiary/aromatic N) is 1. The normalized spacial score (nSPS) is 19.7. The van der Waals surface area contributed by atoms with Crippen LogP contribution in [0.25, 0.3) is 0 Å². The lowest BCUT2D eigenvalue weighted by atomic mass is 9.84. The fraction of sp³-hybridized carbons (Fsp3) is 0.429. The average Bonchev–Trinajstić information content (AvgIpc) is 2.30. The van der Waals surface area contributed by atoms with E-state index in [1.807, 2.05) is 20.8 Å². The molecule has 2 amide bonds. The second kappa shape index (κ2) is 5.57. The zero-order chi connectivity index (χ0) is 15.9.